The molecule has 0 unspecified atom stereocenters. The number of aryl methyl sites for hydroxylation is 1. The summed E-state index contributed by atoms with van der Waals surface area (Å²) in [6.07, 6.45) is 2.13. The number of rotatable bonds is 3. The summed E-state index contributed by atoms with van der Waals surface area (Å²) in [5, 5.41) is 11.6. The zero-order valence-corrected chi connectivity index (χ0v) is 22.7. The number of benzene rings is 1. The molecule has 2 aliphatic rings. The summed E-state index contributed by atoms with van der Waals surface area (Å²) < 4.78 is 11.1. The van der Waals surface area contributed by atoms with Crippen LogP contribution in [-0.4, -0.2) is 81.9 Å². The van der Waals surface area contributed by atoms with E-state index < -0.39 is 5.60 Å². The SMILES string of the molecule is COc1cc2nn(C)nc2cc1NC(=O)N1CCc2c(N3CCN(C(=O)OC(C)(C)C)[C@@H](C)C3)ccnc21. The van der Waals surface area contributed by atoms with Gasteiger partial charge in [0.15, 0.2) is 0 Å². The highest BCUT2D eigenvalue weighted by Crippen LogP contribution is 2.36. The zero-order chi connectivity index (χ0) is 27.2. The summed E-state index contributed by atoms with van der Waals surface area (Å²) in [7, 11) is 3.29. The van der Waals surface area contributed by atoms with Crippen LogP contribution in [0.2, 0.25) is 0 Å². The Hall–Kier alpha value is -4.09. The fourth-order valence-electron chi connectivity index (χ4n) is 5.04. The highest BCUT2D eigenvalue weighted by Gasteiger charge is 2.34. The van der Waals surface area contributed by atoms with E-state index in [-0.39, 0.29) is 18.2 Å². The fourth-order valence-corrected chi connectivity index (χ4v) is 5.04. The van der Waals surface area contributed by atoms with Crippen molar-refractivity contribution in [2.75, 3.05) is 48.4 Å². The Labute approximate surface area is 221 Å². The van der Waals surface area contributed by atoms with Gasteiger partial charge in [0, 0.05) is 62.8 Å². The lowest BCUT2D eigenvalue weighted by molar-refractivity contribution is 0.0159. The number of nitrogens with zero attached hydrogens (tertiary/aromatic N) is 7. The molecule has 5 rings (SSSR count). The number of carbonyl (C=O) groups is 2. The van der Waals surface area contributed by atoms with Gasteiger partial charge in [-0.1, -0.05) is 0 Å². The van der Waals surface area contributed by atoms with E-state index in [1.54, 1.807) is 42.3 Å². The number of amides is 3. The van der Waals surface area contributed by atoms with Crippen molar-refractivity contribution >= 4 is 40.4 Å². The van der Waals surface area contributed by atoms with Gasteiger partial charge in [-0.2, -0.15) is 15.0 Å². The number of anilines is 3. The number of hydrogen-bond donors (Lipinski definition) is 1. The van der Waals surface area contributed by atoms with Crippen LogP contribution in [0.4, 0.5) is 26.8 Å². The summed E-state index contributed by atoms with van der Waals surface area (Å²) in [4.78, 5) is 37.7. The van der Waals surface area contributed by atoms with Crippen LogP contribution in [0, 0.1) is 0 Å². The molecule has 0 spiro atoms. The molecule has 1 saturated heterocycles. The highest BCUT2D eigenvalue weighted by atomic mass is 16.6. The maximum Gasteiger partial charge on any atom is 0.410 e. The van der Waals surface area contributed by atoms with Crippen molar-refractivity contribution in [1.82, 2.24) is 24.9 Å². The molecule has 38 heavy (non-hydrogen) atoms. The number of piperazine rings is 1. The second kappa shape index (κ2) is 9.66. The third-order valence-electron chi connectivity index (χ3n) is 6.73. The molecule has 0 aliphatic carbocycles. The number of methoxy groups -OCH3 is 1. The minimum Gasteiger partial charge on any atom is -0.494 e. The number of nitrogens with one attached hydrogen (secondary N) is 1. The fraction of sp³-hybridized carbons (Fsp3) is 0.500. The quantitative estimate of drug-likeness (QED) is 0.556. The van der Waals surface area contributed by atoms with E-state index in [1.165, 1.54) is 4.80 Å². The molecule has 12 nitrogen and oxygen atoms in total. The molecule has 3 aromatic rings. The number of carbonyl (C=O) groups excluding carboxylic acids is 2. The van der Waals surface area contributed by atoms with Gasteiger partial charge in [-0.15, -0.1) is 0 Å². The Kier molecular flexibility index (Phi) is 6.49. The average molecular weight is 523 g/mol. The van der Waals surface area contributed by atoms with Gasteiger partial charge >= 0.3 is 12.1 Å². The Morgan fingerprint density at radius 1 is 1.11 bits per heavy atom. The first kappa shape index (κ1) is 25.6. The van der Waals surface area contributed by atoms with E-state index in [1.807, 2.05) is 33.8 Å². The van der Waals surface area contributed by atoms with Crippen molar-refractivity contribution in [3.8, 4) is 5.75 Å². The van der Waals surface area contributed by atoms with Crippen LogP contribution in [0.5, 0.6) is 5.75 Å². The molecule has 4 heterocycles. The van der Waals surface area contributed by atoms with E-state index in [9.17, 15) is 9.59 Å². The topological polar surface area (TPSA) is 118 Å². The van der Waals surface area contributed by atoms with Crippen LogP contribution in [-0.2, 0) is 18.2 Å². The van der Waals surface area contributed by atoms with Gasteiger partial charge in [0.25, 0.3) is 0 Å². The smallest absolute Gasteiger partial charge is 0.410 e. The standard InChI is InChI=1S/C26H34N8O4/c1-16-15-32(11-12-33(16)25(36)38-26(2,3)4)21-7-9-27-23-17(21)8-10-34(23)24(35)28-20-13-18-19(14-22(20)37-6)30-31(5)29-18/h7,9,13-14,16H,8,10-12,15H2,1-6H3,(H,28,35)/t16-/m0/s1. The van der Waals surface area contributed by atoms with Gasteiger partial charge < -0.3 is 24.6 Å². The van der Waals surface area contributed by atoms with E-state index in [2.05, 4.69) is 25.4 Å². The molecule has 0 saturated carbocycles. The van der Waals surface area contributed by atoms with Crippen molar-refractivity contribution in [2.24, 2.45) is 7.05 Å². The first-order valence-corrected chi connectivity index (χ1v) is 12.7. The van der Waals surface area contributed by atoms with Crippen LogP contribution in [0.1, 0.15) is 33.3 Å². The van der Waals surface area contributed by atoms with Crippen LogP contribution < -0.4 is 19.9 Å². The molecule has 0 bridgehead atoms. The lowest BCUT2D eigenvalue weighted by atomic mass is 10.1. The number of fused-ring (bicyclic) bond motifs is 2. The van der Waals surface area contributed by atoms with Crippen molar-refractivity contribution < 1.29 is 19.1 Å². The third kappa shape index (κ3) is 4.90. The molecule has 0 radical (unpaired) electrons. The number of urea groups is 1. The minimum atomic E-state index is -0.534. The molecule has 2 aromatic heterocycles. The Bertz CT molecular complexity index is 1380. The number of aromatic nitrogens is 4. The number of pyridine rings is 1. The average Bonchev–Trinajstić information content (AvgIpc) is 3.44. The van der Waals surface area contributed by atoms with Crippen LogP contribution in [0.25, 0.3) is 11.0 Å². The maximum atomic E-state index is 13.4. The largest absolute Gasteiger partial charge is 0.494 e. The first-order valence-electron chi connectivity index (χ1n) is 12.7. The normalized spacial score (nSPS) is 17.5. The third-order valence-corrected chi connectivity index (χ3v) is 6.73. The summed E-state index contributed by atoms with van der Waals surface area (Å²) >= 11 is 0. The van der Waals surface area contributed by atoms with Gasteiger partial charge in [-0.25, -0.2) is 14.6 Å². The first-order chi connectivity index (χ1) is 18.0. The van der Waals surface area contributed by atoms with Crippen LogP contribution in [0.3, 0.4) is 0 Å². The van der Waals surface area contributed by atoms with Gasteiger partial charge in [-0.3, -0.25) is 4.90 Å². The van der Waals surface area contributed by atoms with Crippen molar-refractivity contribution in [3.05, 3.63) is 30.0 Å². The second-order valence-corrected chi connectivity index (χ2v) is 10.7. The predicted molar refractivity (Wildman–Crippen MR) is 144 cm³/mol. The molecule has 202 valence electrons. The summed E-state index contributed by atoms with van der Waals surface area (Å²) in [5.74, 6) is 1.14. The van der Waals surface area contributed by atoms with E-state index in [4.69, 9.17) is 9.47 Å². The molecule has 2 aliphatic heterocycles. The Balaban J connectivity index is 1.32. The molecule has 1 N–H and O–H groups in total. The molecule has 1 atom stereocenters. The Morgan fingerprint density at radius 2 is 1.84 bits per heavy atom. The Morgan fingerprint density at radius 3 is 2.53 bits per heavy atom. The molecule has 3 amide bonds. The lowest BCUT2D eigenvalue weighted by Gasteiger charge is -2.41. The van der Waals surface area contributed by atoms with Crippen LogP contribution in [0.15, 0.2) is 24.4 Å². The molecule has 12 heteroatoms. The zero-order valence-electron chi connectivity index (χ0n) is 22.7. The van der Waals surface area contributed by atoms with Crippen LogP contribution >= 0.6 is 0 Å². The number of hydrogen-bond acceptors (Lipinski definition) is 8. The summed E-state index contributed by atoms with van der Waals surface area (Å²) in [6, 6.07) is 5.18. The van der Waals surface area contributed by atoms with Gasteiger partial charge in [-0.05, 0) is 46.2 Å². The van der Waals surface area contributed by atoms with E-state index >= 15 is 0 Å². The predicted octanol–water partition coefficient (Wildman–Crippen LogP) is 3.41. The summed E-state index contributed by atoms with van der Waals surface area (Å²) in [6.45, 7) is 10.0. The molecule has 1 aromatic carbocycles. The van der Waals surface area contributed by atoms with Crippen molar-refractivity contribution in [1.29, 1.82) is 0 Å². The molecular weight excluding hydrogens is 488 g/mol. The second-order valence-electron chi connectivity index (χ2n) is 10.7. The van der Waals surface area contributed by atoms with Crippen molar-refractivity contribution in [3.63, 3.8) is 0 Å². The molecular formula is C26H34N8O4. The highest BCUT2D eigenvalue weighted by molar-refractivity contribution is 6.04. The van der Waals surface area contributed by atoms with Gasteiger partial charge in [0.1, 0.15) is 28.2 Å². The van der Waals surface area contributed by atoms with Gasteiger partial charge in [0.05, 0.1) is 12.8 Å². The maximum absolute atomic E-state index is 13.4. The molecule has 1 fully saturated rings. The van der Waals surface area contributed by atoms with E-state index in [0.717, 1.165) is 11.3 Å². The minimum absolute atomic E-state index is 0.0216. The monoisotopic (exact) mass is 522 g/mol. The van der Waals surface area contributed by atoms with E-state index in [0.29, 0.717) is 60.9 Å². The number of ether oxygens (including phenoxy) is 2. The van der Waals surface area contributed by atoms with Gasteiger partial charge in [0.2, 0.25) is 0 Å². The summed E-state index contributed by atoms with van der Waals surface area (Å²) in [5.41, 5.74) is 3.39. The van der Waals surface area contributed by atoms with Crippen molar-refractivity contribution in [2.45, 2.75) is 45.8 Å². The lowest BCUT2D eigenvalue weighted by Crippen LogP contribution is -2.55.